The number of aryl methyl sites for hydroxylation is 2. The fourth-order valence-electron chi connectivity index (χ4n) is 1.95. The van der Waals surface area contributed by atoms with Crippen LogP contribution in [0.4, 0.5) is 11.6 Å². The van der Waals surface area contributed by atoms with Crippen LogP contribution in [-0.2, 0) is 0 Å². The Balaban J connectivity index is 0.000000217. The lowest BCUT2D eigenvalue weighted by molar-refractivity contribution is -0.360. The van der Waals surface area contributed by atoms with Crippen molar-refractivity contribution in [3.63, 3.8) is 0 Å². The van der Waals surface area contributed by atoms with Crippen molar-refractivity contribution >= 4 is 23.6 Å². The van der Waals surface area contributed by atoms with Crippen LogP contribution in [0.3, 0.4) is 0 Å². The van der Waals surface area contributed by atoms with Gasteiger partial charge in [-0.25, -0.2) is 9.97 Å². The minimum atomic E-state index is -1.33. The number of nitrogens with one attached hydrogen (secondary N) is 2. The summed E-state index contributed by atoms with van der Waals surface area (Å²) in [5, 5.41) is 20.4. The highest BCUT2D eigenvalue weighted by molar-refractivity contribution is 5.89. The Morgan fingerprint density at radius 3 is 1.21 bits per heavy atom. The lowest BCUT2D eigenvalue weighted by atomic mass is 10.1. The Morgan fingerprint density at radius 2 is 1.04 bits per heavy atom. The van der Waals surface area contributed by atoms with Gasteiger partial charge in [0.25, 0.3) is 11.6 Å². The van der Waals surface area contributed by atoms with Crippen LogP contribution in [0.25, 0.3) is 0 Å². The normalized spacial score (nSPS) is 9.21. The van der Waals surface area contributed by atoms with Crippen LogP contribution in [0.15, 0.2) is 60.9 Å². The standard InChI is InChI=1S/C8H6O4.2C6H8N2/c9-7(10)5-1-2-6(4-3-5)8(11)12;2*1-5-2-3-8-6(7)4-5/h1-4H,(H,9,10)(H,11,12);2*2-4H,1H3,(H2,7,8). The van der Waals surface area contributed by atoms with E-state index in [0.717, 1.165) is 24.3 Å². The Morgan fingerprint density at radius 1 is 0.714 bits per heavy atom. The molecule has 6 N–H and O–H groups in total. The quantitative estimate of drug-likeness (QED) is 0.589. The molecule has 8 nitrogen and oxygen atoms in total. The van der Waals surface area contributed by atoms with E-state index in [1.54, 1.807) is 0 Å². The number of nitrogens with two attached hydrogens (primary N) is 2. The average molecular weight is 382 g/mol. The topological polar surface area (TPSA) is 161 Å². The molecular weight excluding hydrogens is 360 g/mol. The fraction of sp³-hybridized carbons (Fsp3) is 0.100. The van der Waals surface area contributed by atoms with E-state index < -0.39 is 11.9 Å². The third-order valence-electron chi connectivity index (χ3n) is 3.32. The van der Waals surface area contributed by atoms with E-state index in [-0.39, 0.29) is 11.1 Å². The Labute approximate surface area is 162 Å². The number of hydrogen-bond acceptors (Lipinski definition) is 6. The highest BCUT2D eigenvalue weighted by Crippen LogP contribution is 2.02. The average Bonchev–Trinajstić information content (AvgIpc) is 2.62. The Kier molecular flexibility index (Phi) is 8.62. The summed E-state index contributed by atoms with van der Waals surface area (Å²) in [6, 6.07) is 12.3. The molecule has 0 fully saturated rings. The smallest absolute Gasteiger partial charge is 0.270 e. The molecule has 28 heavy (non-hydrogen) atoms. The van der Waals surface area contributed by atoms with Gasteiger partial charge in [-0.3, -0.25) is 11.5 Å². The van der Waals surface area contributed by atoms with Crippen molar-refractivity contribution in [2.24, 2.45) is 0 Å². The van der Waals surface area contributed by atoms with Gasteiger partial charge in [0.05, 0.1) is 24.3 Å². The maximum absolute atomic E-state index is 10.2. The zero-order valence-electron chi connectivity index (χ0n) is 15.6. The molecule has 146 valence electrons. The Hall–Kier alpha value is -3.94. The number of benzene rings is 1. The fourth-order valence-corrected chi connectivity index (χ4v) is 1.95. The van der Waals surface area contributed by atoms with Crippen LogP contribution < -0.4 is 31.6 Å². The van der Waals surface area contributed by atoms with Gasteiger partial charge in [0.15, 0.2) is 0 Å². The lowest BCUT2D eigenvalue weighted by Gasteiger charge is -2.04. The monoisotopic (exact) mass is 382 g/mol. The SMILES string of the molecule is Cc1cc[nH+]c(N)c1.Cc1cc[nH+]c(N)c1.O=C([O-])c1ccc(C(=O)[O-])cc1. The largest absolute Gasteiger partial charge is 0.545 e. The molecule has 0 bridgehead atoms. The van der Waals surface area contributed by atoms with Crippen LogP contribution in [0.2, 0.25) is 0 Å². The number of hydrogen-bond donors (Lipinski definition) is 2. The molecule has 0 aliphatic carbocycles. The van der Waals surface area contributed by atoms with Crippen LogP contribution in [-0.4, -0.2) is 11.9 Å². The number of aromatic carboxylic acids is 2. The molecule has 0 aliphatic rings. The van der Waals surface area contributed by atoms with Crippen LogP contribution in [0.1, 0.15) is 31.8 Å². The number of carboxylic acid groups (broad SMARTS) is 2. The molecule has 0 unspecified atom stereocenters. The molecule has 3 aromatic rings. The summed E-state index contributed by atoms with van der Waals surface area (Å²) in [4.78, 5) is 26.1. The van der Waals surface area contributed by atoms with Crippen molar-refractivity contribution in [3.8, 4) is 0 Å². The second-order valence-corrected chi connectivity index (χ2v) is 5.79. The maximum Gasteiger partial charge on any atom is 0.270 e. The van der Waals surface area contributed by atoms with Crippen molar-refractivity contribution in [1.29, 1.82) is 0 Å². The van der Waals surface area contributed by atoms with Crippen LogP contribution in [0.5, 0.6) is 0 Å². The highest BCUT2D eigenvalue weighted by Gasteiger charge is 1.94. The number of carboxylic acids is 2. The van der Waals surface area contributed by atoms with Gasteiger partial charge in [0.2, 0.25) is 0 Å². The maximum atomic E-state index is 10.2. The zero-order chi connectivity index (χ0) is 21.1. The lowest BCUT2D eigenvalue weighted by Crippen LogP contribution is -2.24. The molecule has 0 spiro atoms. The van der Waals surface area contributed by atoms with Crippen molar-refractivity contribution in [1.82, 2.24) is 0 Å². The van der Waals surface area contributed by atoms with E-state index in [2.05, 4.69) is 9.97 Å². The van der Waals surface area contributed by atoms with Crippen molar-refractivity contribution in [2.45, 2.75) is 13.8 Å². The van der Waals surface area contributed by atoms with Gasteiger partial charge in [-0.2, -0.15) is 0 Å². The highest BCUT2D eigenvalue weighted by atomic mass is 16.4. The molecule has 3 rings (SSSR count). The predicted molar refractivity (Wildman–Crippen MR) is 99.4 cm³/mol. The van der Waals surface area contributed by atoms with E-state index in [4.69, 9.17) is 11.5 Å². The van der Waals surface area contributed by atoms with E-state index in [9.17, 15) is 19.8 Å². The van der Waals surface area contributed by atoms with Crippen LogP contribution in [0, 0.1) is 13.8 Å². The summed E-state index contributed by atoms with van der Waals surface area (Å²) in [7, 11) is 0. The molecular formula is C20H22N4O4. The summed E-state index contributed by atoms with van der Waals surface area (Å²) < 4.78 is 0. The predicted octanol–water partition coefficient (Wildman–Crippen LogP) is -0.804. The van der Waals surface area contributed by atoms with Crippen molar-refractivity contribution < 1.29 is 29.8 Å². The number of rotatable bonds is 2. The van der Waals surface area contributed by atoms with Crippen molar-refractivity contribution in [3.05, 3.63) is 83.2 Å². The van der Waals surface area contributed by atoms with Gasteiger partial charge in [0, 0.05) is 12.1 Å². The van der Waals surface area contributed by atoms with Gasteiger partial charge < -0.3 is 19.8 Å². The third-order valence-corrected chi connectivity index (χ3v) is 3.32. The molecule has 8 heteroatoms. The van der Waals surface area contributed by atoms with E-state index in [1.165, 1.54) is 11.1 Å². The molecule has 0 aliphatic heterocycles. The van der Waals surface area contributed by atoms with Crippen molar-refractivity contribution in [2.75, 3.05) is 11.5 Å². The third kappa shape index (κ3) is 8.43. The molecule has 0 amide bonds. The summed E-state index contributed by atoms with van der Waals surface area (Å²) in [6.45, 7) is 4.01. The molecule has 1 aromatic carbocycles. The number of anilines is 2. The molecule has 0 saturated carbocycles. The van der Waals surface area contributed by atoms with Gasteiger partial charge >= 0.3 is 0 Å². The first kappa shape index (κ1) is 22.1. The molecule has 0 atom stereocenters. The van der Waals surface area contributed by atoms with Gasteiger partial charge in [-0.1, -0.05) is 24.3 Å². The number of aromatic amines is 2. The molecule has 2 aromatic heterocycles. The van der Waals surface area contributed by atoms with E-state index in [0.29, 0.717) is 11.6 Å². The number of H-pyrrole nitrogens is 2. The van der Waals surface area contributed by atoms with E-state index in [1.807, 2.05) is 50.5 Å². The summed E-state index contributed by atoms with van der Waals surface area (Å²) in [6.07, 6.45) is 3.65. The minimum absolute atomic E-state index is 0.0556. The number of pyridine rings is 2. The molecule has 0 radical (unpaired) electrons. The molecule has 0 saturated heterocycles. The number of aromatic nitrogens is 2. The summed E-state index contributed by atoms with van der Waals surface area (Å²) in [5.74, 6) is -1.24. The number of carbonyl (C=O) groups excluding carboxylic acids is 2. The second kappa shape index (κ2) is 10.9. The summed E-state index contributed by atoms with van der Waals surface area (Å²) in [5.41, 5.74) is 13.1. The van der Waals surface area contributed by atoms with Gasteiger partial charge in [-0.15, -0.1) is 0 Å². The zero-order valence-corrected chi connectivity index (χ0v) is 15.6. The van der Waals surface area contributed by atoms with Gasteiger partial charge in [0.1, 0.15) is 0 Å². The van der Waals surface area contributed by atoms with Gasteiger partial charge in [-0.05, 0) is 48.2 Å². The number of nitrogen functional groups attached to an aromatic ring is 2. The minimum Gasteiger partial charge on any atom is -0.545 e. The number of carbonyl (C=O) groups is 2. The van der Waals surface area contributed by atoms with Crippen LogP contribution >= 0.6 is 0 Å². The molecule has 2 heterocycles. The first-order chi connectivity index (χ1) is 13.2. The summed E-state index contributed by atoms with van der Waals surface area (Å²) >= 11 is 0. The second-order valence-electron chi connectivity index (χ2n) is 5.79. The first-order valence-electron chi connectivity index (χ1n) is 8.19. The van der Waals surface area contributed by atoms with E-state index >= 15 is 0 Å². The Bertz CT molecular complexity index is 816. The first-order valence-corrected chi connectivity index (χ1v) is 8.19.